The fraction of sp³-hybridized carbons (Fsp3) is 0.308. The molecule has 3 N–H and O–H groups in total. The molecule has 21 heavy (non-hydrogen) atoms. The summed E-state index contributed by atoms with van der Waals surface area (Å²) in [7, 11) is 0. The first kappa shape index (κ1) is 15.8. The topological polar surface area (TPSA) is 64.1 Å². The van der Waals surface area contributed by atoms with Crippen molar-refractivity contribution >= 4 is 11.6 Å². The summed E-state index contributed by atoms with van der Waals surface area (Å²) in [6.07, 6.45) is -1.78. The zero-order valence-corrected chi connectivity index (χ0v) is 11.6. The van der Waals surface area contributed by atoms with Gasteiger partial charge in [-0.25, -0.2) is 4.98 Å². The lowest BCUT2D eigenvalue weighted by atomic mass is 10.2. The Morgan fingerprint density at radius 1 is 1.43 bits per heavy atom. The van der Waals surface area contributed by atoms with Gasteiger partial charge in [-0.2, -0.15) is 13.2 Å². The van der Waals surface area contributed by atoms with Gasteiger partial charge in [0.2, 0.25) is 0 Å². The Morgan fingerprint density at radius 2 is 2.14 bits per heavy atom. The molecule has 2 rings (SSSR count). The Labute approximate surface area is 124 Å². The van der Waals surface area contributed by atoms with E-state index >= 15 is 0 Å². The minimum Gasteiger partial charge on any atom is -0.395 e. The van der Waals surface area contributed by atoms with Gasteiger partial charge in [0.1, 0.15) is 0 Å². The van der Waals surface area contributed by atoms with Crippen molar-refractivity contribution in [1.82, 2.24) is 9.55 Å². The largest absolute Gasteiger partial charge is 0.417 e. The maximum atomic E-state index is 12.6. The third-order valence-corrected chi connectivity index (χ3v) is 3.19. The Morgan fingerprint density at radius 3 is 2.71 bits per heavy atom. The molecule has 0 amide bonds. The average molecular weight is 320 g/mol. The van der Waals surface area contributed by atoms with E-state index in [4.69, 9.17) is 22.4 Å². The van der Waals surface area contributed by atoms with Crippen LogP contribution in [-0.4, -0.2) is 27.3 Å². The van der Waals surface area contributed by atoms with Crippen molar-refractivity contribution in [3.8, 4) is 5.82 Å². The molecule has 2 aromatic rings. The molecule has 114 valence electrons. The Kier molecular flexibility index (Phi) is 4.55. The number of halogens is 4. The molecule has 1 atom stereocenters. The minimum absolute atomic E-state index is 0.111. The van der Waals surface area contributed by atoms with E-state index in [1.54, 1.807) is 22.9 Å². The van der Waals surface area contributed by atoms with Gasteiger partial charge in [-0.05, 0) is 18.2 Å². The molecule has 2 heterocycles. The Bertz CT molecular complexity index is 627. The molecule has 2 aromatic heterocycles. The monoisotopic (exact) mass is 319 g/mol. The molecular weight excluding hydrogens is 307 g/mol. The van der Waals surface area contributed by atoms with Crippen LogP contribution in [0.15, 0.2) is 30.6 Å². The molecule has 1 unspecified atom stereocenters. The maximum absolute atomic E-state index is 12.6. The molecule has 0 radical (unpaired) electrons. The number of aliphatic hydroxyl groups excluding tert-OH is 1. The Hall–Kier alpha value is -1.57. The predicted octanol–water partition coefficient (Wildman–Crippen LogP) is 2.41. The van der Waals surface area contributed by atoms with Crippen LogP contribution in [0.4, 0.5) is 13.2 Å². The van der Waals surface area contributed by atoms with Crippen LogP contribution in [0.5, 0.6) is 0 Å². The quantitative estimate of drug-likeness (QED) is 0.909. The fourth-order valence-corrected chi connectivity index (χ4v) is 2.14. The molecule has 0 saturated heterocycles. The second-order valence-electron chi connectivity index (χ2n) is 4.54. The first-order chi connectivity index (χ1) is 9.82. The highest BCUT2D eigenvalue weighted by atomic mass is 35.5. The first-order valence-electron chi connectivity index (χ1n) is 6.08. The molecule has 0 bridgehead atoms. The summed E-state index contributed by atoms with van der Waals surface area (Å²) < 4.78 is 39.3. The molecule has 0 saturated carbocycles. The molecule has 0 spiro atoms. The number of aromatic nitrogens is 2. The van der Waals surface area contributed by atoms with Crippen LogP contribution >= 0.6 is 11.6 Å². The average Bonchev–Trinajstić information content (AvgIpc) is 2.85. The third kappa shape index (κ3) is 3.55. The van der Waals surface area contributed by atoms with E-state index in [2.05, 4.69) is 4.98 Å². The summed E-state index contributed by atoms with van der Waals surface area (Å²) in [6, 6.07) is 3.81. The van der Waals surface area contributed by atoms with E-state index in [-0.39, 0.29) is 17.4 Å². The van der Waals surface area contributed by atoms with Gasteiger partial charge in [-0.15, -0.1) is 0 Å². The lowest BCUT2D eigenvalue weighted by Crippen LogP contribution is -2.27. The zero-order valence-electron chi connectivity index (χ0n) is 10.8. The van der Waals surface area contributed by atoms with Crippen molar-refractivity contribution in [2.45, 2.75) is 18.6 Å². The van der Waals surface area contributed by atoms with Crippen molar-refractivity contribution in [2.24, 2.45) is 5.73 Å². The van der Waals surface area contributed by atoms with Gasteiger partial charge in [0.15, 0.2) is 5.82 Å². The first-order valence-corrected chi connectivity index (χ1v) is 6.46. The van der Waals surface area contributed by atoms with Crippen molar-refractivity contribution in [2.75, 3.05) is 6.61 Å². The lowest BCUT2D eigenvalue weighted by molar-refractivity contribution is -0.137. The van der Waals surface area contributed by atoms with Gasteiger partial charge in [0.25, 0.3) is 0 Å². The molecule has 8 heteroatoms. The van der Waals surface area contributed by atoms with Gasteiger partial charge >= 0.3 is 6.18 Å². The fourth-order valence-electron chi connectivity index (χ4n) is 1.89. The third-order valence-electron chi connectivity index (χ3n) is 2.92. The summed E-state index contributed by atoms with van der Waals surface area (Å²) in [5.74, 6) is 0.190. The lowest BCUT2D eigenvalue weighted by Gasteiger charge is -2.14. The van der Waals surface area contributed by atoms with Crippen LogP contribution in [0.1, 0.15) is 11.3 Å². The second kappa shape index (κ2) is 6.05. The van der Waals surface area contributed by atoms with Crippen molar-refractivity contribution in [1.29, 1.82) is 0 Å². The highest BCUT2D eigenvalue weighted by Crippen LogP contribution is 2.32. The number of hydrogen-bond donors (Lipinski definition) is 2. The molecule has 4 nitrogen and oxygen atoms in total. The number of aliphatic hydroxyl groups is 1. The number of alkyl halides is 3. The normalized spacial score (nSPS) is 13.4. The summed E-state index contributed by atoms with van der Waals surface area (Å²) in [4.78, 5) is 3.79. The minimum atomic E-state index is -4.49. The number of nitrogens with zero attached hydrogens (tertiary/aromatic N) is 2. The van der Waals surface area contributed by atoms with Gasteiger partial charge in [0.05, 0.1) is 17.2 Å². The highest BCUT2D eigenvalue weighted by molar-refractivity contribution is 6.32. The van der Waals surface area contributed by atoms with Crippen LogP contribution < -0.4 is 5.73 Å². The Balaban J connectivity index is 2.37. The molecule has 0 aliphatic carbocycles. The number of hydrogen-bond acceptors (Lipinski definition) is 3. The summed E-state index contributed by atoms with van der Waals surface area (Å²) >= 11 is 5.91. The molecule has 0 aliphatic heterocycles. The summed E-state index contributed by atoms with van der Waals surface area (Å²) in [5.41, 5.74) is 5.46. The van der Waals surface area contributed by atoms with Crippen LogP contribution in [0.25, 0.3) is 5.82 Å². The van der Waals surface area contributed by atoms with Crippen LogP contribution in [-0.2, 0) is 12.6 Å². The smallest absolute Gasteiger partial charge is 0.395 e. The van der Waals surface area contributed by atoms with Gasteiger partial charge in [-0.1, -0.05) is 11.6 Å². The van der Waals surface area contributed by atoms with Crippen LogP contribution in [0.3, 0.4) is 0 Å². The van der Waals surface area contributed by atoms with E-state index in [0.29, 0.717) is 12.1 Å². The summed E-state index contributed by atoms with van der Waals surface area (Å²) in [5, 5.41) is 8.86. The van der Waals surface area contributed by atoms with Crippen LogP contribution in [0, 0.1) is 0 Å². The van der Waals surface area contributed by atoms with Gasteiger partial charge in [0, 0.05) is 30.6 Å². The molecule has 0 aliphatic rings. The maximum Gasteiger partial charge on any atom is 0.417 e. The standard InChI is InChI=1S/C13H13ClF3N3O/c14-11-4-8(13(15,16)17)6-19-12(11)20-3-1-2-10(20)5-9(18)7-21/h1-4,6,9,21H,5,7,18H2. The number of rotatable bonds is 4. The SMILES string of the molecule is NC(CO)Cc1cccn1-c1ncc(C(F)(F)F)cc1Cl. The van der Waals surface area contributed by atoms with Crippen molar-refractivity contribution in [3.63, 3.8) is 0 Å². The molecule has 0 aromatic carbocycles. The zero-order chi connectivity index (χ0) is 15.6. The van der Waals surface area contributed by atoms with E-state index < -0.39 is 17.8 Å². The predicted molar refractivity (Wildman–Crippen MR) is 72.3 cm³/mol. The molecule has 0 fully saturated rings. The van der Waals surface area contributed by atoms with Crippen molar-refractivity contribution < 1.29 is 18.3 Å². The number of pyridine rings is 1. The van der Waals surface area contributed by atoms with E-state index in [1.807, 2.05) is 0 Å². The highest BCUT2D eigenvalue weighted by Gasteiger charge is 2.31. The van der Waals surface area contributed by atoms with E-state index in [0.717, 1.165) is 12.3 Å². The van der Waals surface area contributed by atoms with Crippen molar-refractivity contribution in [3.05, 3.63) is 46.9 Å². The van der Waals surface area contributed by atoms with E-state index in [9.17, 15) is 13.2 Å². The molecular formula is C13H13ClF3N3O. The summed E-state index contributed by atoms with van der Waals surface area (Å²) in [6.45, 7) is -0.195. The second-order valence-corrected chi connectivity index (χ2v) is 4.95. The van der Waals surface area contributed by atoms with Gasteiger partial charge in [-0.3, -0.25) is 0 Å². The van der Waals surface area contributed by atoms with Crippen LogP contribution in [0.2, 0.25) is 5.02 Å². The van der Waals surface area contributed by atoms with Gasteiger partial charge < -0.3 is 15.4 Å². The van der Waals surface area contributed by atoms with E-state index in [1.165, 1.54) is 0 Å². The number of nitrogens with two attached hydrogens (primary N) is 1.